The second kappa shape index (κ2) is 4.39. The van der Waals surface area contributed by atoms with Gasteiger partial charge in [-0.2, -0.15) is 0 Å². The molecule has 1 saturated heterocycles. The van der Waals surface area contributed by atoms with E-state index < -0.39 is 0 Å². The molecular weight excluding hydrogens is 252 g/mol. The SMILES string of the molecule is CC1C(=O)NCCN1c1cc(Cl)nc(C2CC2)n1. The first-order chi connectivity index (χ1) is 8.65. The third-order valence-corrected chi connectivity index (χ3v) is 3.63. The van der Waals surface area contributed by atoms with E-state index in [0.29, 0.717) is 17.6 Å². The smallest absolute Gasteiger partial charge is 0.242 e. The molecule has 96 valence electrons. The summed E-state index contributed by atoms with van der Waals surface area (Å²) in [7, 11) is 0. The minimum absolute atomic E-state index is 0.0314. The van der Waals surface area contributed by atoms with E-state index in [-0.39, 0.29) is 11.9 Å². The van der Waals surface area contributed by atoms with E-state index >= 15 is 0 Å². The number of halogens is 1. The van der Waals surface area contributed by atoms with Crippen LogP contribution in [0.25, 0.3) is 0 Å². The van der Waals surface area contributed by atoms with Crippen molar-refractivity contribution in [3.63, 3.8) is 0 Å². The van der Waals surface area contributed by atoms with Gasteiger partial charge in [-0.1, -0.05) is 11.6 Å². The van der Waals surface area contributed by atoms with E-state index in [9.17, 15) is 4.79 Å². The van der Waals surface area contributed by atoms with Crippen LogP contribution in [0.3, 0.4) is 0 Å². The second-order valence-corrected chi connectivity index (χ2v) is 5.23. The van der Waals surface area contributed by atoms with Gasteiger partial charge in [-0.3, -0.25) is 4.79 Å². The zero-order valence-electron chi connectivity index (χ0n) is 10.2. The van der Waals surface area contributed by atoms with Crippen LogP contribution < -0.4 is 10.2 Å². The van der Waals surface area contributed by atoms with Gasteiger partial charge in [-0.05, 0) is 19.8 Å². The molecule has 1 aromatic heterocycles. The number of piperazine rings is 1. The van der Waals surface area contributed by atoms with Gasteiger partial charge in [0, 0.05) is 25.1 Å². The van der Waals surface area contributed by atoms with Crippen LogP contribution in [-0.2, 0) is 4.79 Å². The van der Waals surface area contributed by atoms with E-state index in [1.54, 1.807) is 6.07 Å². The lowest BCUT2D eigenvalue weighted by atomic mass is 10.2. The van der Waals surface area contributed by atoms with Gasteiger partial charge in [0.15, 0.2) is 0 Å². The largest absolute Gasteiger partial charge is 0.353 e. The van der Waals surface area contributed by atoms with Crippen LogP contribution in [-0.4, -0.2) is 35.0 Å². The molecule has 0 spiro atoms. The molecule has 1 aliphatic carbocycles. The molecule has 2 aliphatic rings. The van der Waals surface area contributed by atoms with Crippen molar-refractivity contribution in [2.45, 2.75) is 31.7 Å². The Bertz CT molecular complexity index is 489. The molecule has 1 unspecified atom stereocenters. The minimum Gasteiger partial charge on any atom is -0.353 e. The number of carbonyl (C=O) groups excluding carboxylic acids is 1. The number of nitrogens with zero attached hydrogens (tertiary/aromatic N) is 3. The summed E-state index contributed by atoms with van der Waals surface area (Å²) in [5.41, 5.74) is 0. The second-order valence-electron chi connectivity index (χ2n) is 4.84. The van der Waals surface area contributed by atoms with E-state index in [4.69, 9.17) is 11.6 Å². The molecule has 1 aliphatic heterocycles. The van der Waals surface area contributed by atoms with Crippen LogP contribution in [0.15, 0.2) is 6.07 Å². The number of hydrogen-bond acceptors (Lipinski definition) is 4. The third-order valence-electron chi connectivity index (χ3n) is 3.43. The first kappa shape index (κ1) is 11.7. The molecule has 0 bridgehead atoms. The Kier molecular flexibility index (Phi) is 2.86. The summed E-state index contributed by atoms with van der Waals surface area (Å²) in [6.07, 6.45) is 2.27. The first-order valence-corrected chi connectivity index (χ1v) is 6.62. The number of amides is 1. The van der Waals surface area contributed by atoms with Gasteiger partial charge in [0.1, 0.15) is 22.8 Å². The maximum Gasteiger partial charge on any atom is 0.242 e. The van der Waals surface area contributed by atoms with Crippen molar-refractivity contribution in [1.82, 2.24) is 15.3 Å². The number of nitrogens with one attached hydrogen (secondary N) is 1. The lowest BCUT2D eigenvalue weighted by molar-refractivity contribution is -0.122. The highest BCUT2D eigenvalue weighted by molar-refractivity contribution is 6.29. The van der Waals surface area contributed by atoms with Crippen LogP contribution >= 0.6 is 11.6 Å². The monoisotopic (exact) mass is 266 g/mol. The molecule has 1 saturated carbocycles. The summed E-state index contributed by atoms with van der Waals surface area (Å²) in [5, 5.41) is 3.30. The summed E-state index contributed by atoms with van der Waals surface area (Å²) < 4.78 is 0. The van der Waals surface area contributed by atoms with Crippen molar-refractivity contribution < 1.29 is 4.79 Å². The van der Waals surface area contributed by atoms with Gasteiger partial charge in [-0.25, -0.2) is 9.97 Å². The quantitative estimate of drug-likeness (QED) is 0.821. The molecule has 5 nitrogen and oxygen atoms in total. The summed E-state index contributed by atoms with van der Waals surface area (Å²) >= 11 is 6.05. The van der Waals surface area contributed by atoms with Crippen LogP contribution in [0.4, 0.5) is 5.82 Å². The summed E-state index contributed by atoms with van der Waals surface area (Å²) in [4.78, 5) is 22.5. The number of carbonyl (C=O) groups is 1. The normalized spacial score (nSPS) is 24.0. The third kappa shape index (κ3) is 2.14. The number of aromatic nitrogens is 2. The van der Waals surface area contributed by atoms with Crippen molar-refractivity contribution in [2.24, 2.45) is 0 Å². The van der Waals surface area contributed by atoms with E-state index in [1.807, 2.05) is 11.8 Å². The van der Waals surface area contributed by atoms with E-state index in [0.717, 1.165) is 31.0 Å². The highest BCUT2D eigenvalue weighted by Crippen LogP contribution is 2.39. The Morgan fingerprint density at radius 1 is 1.44 bits per heavy atom. The van der Waals surface area contributed by atoms with Gasteiger partial charge in [-0.15, -0.1) is 0 Å². The predicted molar refractivity (Wildman–Crippen MR) is 68.8 cm³/mol. The Morgan fingerprint density at radius 2 is 2.22 bits per heavy atom. The Labute approximate surface area is 111 Å². The van der Waals surface area contributed by atoms with Gasteiger partial charge in [0.05, 0.1) is 0 Å². The number of anilines is 1. The van der Waals surface area contributed by atoms with Crippen LogP contribution in [0, 0.1) is 0 Å². The average molecular weight is 267 g/mol. The predicted octanol–water partition coefficient (Wildman–Crippen LogP) is 1.33. The summed E-state index contributed by atoms with van der Waals surface area (Å²) in [6.45, 7) is 3.27. The molecule has 3 rings (SSSR count). The molecule has 0 aromatic carbocycles. The fourth-order valence-corrected chi connectivity index (χ4v) is 2.37. The fourth-order valence-electron chi connectivity index (χ4n) is 2.19. The summed E-state index contributed by atoms with van der Waals surface area (Å²) in [5.74, 6) is 2.07. The van der Waals surface area contributed by atoms with Crippen molar-refractivity contribution in [3.8, 4) is 0 Å². The van der Waals surface area contributed by atoms with Crippen LogP contribution in [0.1, 0.15) is 31.5 Å². The maximum absolute atomic E-state index is 11.7. The van der Waals surface area contributed by atoms with Gasteiger partial charge in [0.2, 0.25) is 5.91 Å². The van der Waals surface area contributed by atoms with Crippen molar-refractivity contribution in [3.05, 3.63) is 17.0 Å². The zero-order chi connectivity index (χ0) is 12.7. The van der Waals surface area contributed by atoms with E-state index in [2.05, 4.69) is 15.3 Å². The standard InChI is InChI=1S/C12H15ClN4O/c1-7-12(18)14-4-5-17(7)10-6-9(13)15-11(16-10)8-2-3-8/h6-8H,2-5H2,1H3,(H,14,18). The topological polar surface area (TPSA) is 58.1 Å². The molecule has 1 amide bonds. The minimum atomic E-state index is -0.211. The molecule has 2 heterocycles. The number of hydrogen-bond donors (Lipinski definition) is 1. The number of rotatable bonds is 2. The van der Waals surface area contributed by atoms with Gasteiger partial charge >= 0.3 is 0 Å². The molecule has 1 N–H and O–H groups in total. The average Bonchev–Trinajstić information content (AvgIpc) is 3.16. The van der Waals surface area contributed by atoms with Gasteiger partial charge < -0.3 is 10.2 Å². The Morgan fingerprint density at radius 3 is 2.94 bits per heavy atom. The van der Waals surface area contributed by atoms with Crippen molar-refractivity contribution in [1.29, 1.82) is 0 Å². The van der Waals surface area contributed by atoms with Gasteiger partial charge in [0.25, 0.3) is 0 Å². The van der Waals surface area contributed by atoms with E-state index in [1.165, 1.54) is 0 Å². The molecule has 1 aromatic rings. The maximum atomic E-state index is 11.7. The lowest BCUT2D eigenvalue weighted by Crippen LogP contribution is -2.54. The van der Waals surface area contributed by atoms with Crippen molar-refractivity contribution >= 4 is 23.3 Å². The highest BCUT2D eigenvalue weighted by atomic mass is 35.5. The Hall–Kier alpha value is -1.36. The molecule has 6 heteroatoms. The molecule has 18 heavy (non-hydrogen) atoms. The molecule has 2 fully saturated rings. The fraction of sp³-hybridized carbons (Fsp3) is 0.583. The molecule has 1 atom stereocenters. The summed E-state index contributed by atoms with van der Waals surface area (Å²) in [6, 6.07) is 1.53. The molecule has 0 radical (unpaired) electrons. The van der Waals surface area contributed by atoms with Crippen molar-refractivity contribution in [2.75, 3.05) is 18.0 Å². The lowest BCUT2D eigenvalue weighted by Gasteiger charge is -2.33. The highest BCUT2D eigenvalue weighted by Gasteiger charge is 2.30. The molecular formula is C12H15ClN4O. The Balaban J connectivity index is 1.92. The first-order valence-electron chi connectivity index (χ1n) is 6.24. The van der Waals surface area contributed by atoms with Crippen LogP contribution in [0.5, 0.6) is 0 Å². The zero-order valence-corrected chi connectivity index (χ0v) is 10.9. The van der Waals surface area contributed by atoms with Crippen LogP contribution in [0.2, 0.25) is 5.15 Å².